The average Bonchev–Trinajstić information content (AvgIpc) is 2.48. The molecule has 0 fully saturated rings. The minimum atomic E-state index is -0.400. The molecule has 5 heteroatoms. The predicted molar refractivity (Wildman–Crippen MR) is 79.0 cm³/mol. The van der Waals surface area contributed by atoms with E-state index in [1.165, 1.54) is 23.9 Å². The van der Waals surface area contributed by atoms with Crippen molar-refractivity contribution in [3.8, 4) is 0 Å². The highest BCUT2D eigenvalue weighted by molar-refractivity contribution is 7.99. The van der Waals surface area contributed by atoms with Crippen molar-refractivity contribution in [1.82, 2.24) is 4.98 Å². The minimum Gasteiger partial charge on any atom is -0.258 e. The Morgan fingerprint density at radius 1 is 0.950 bits per heavy atom. The van der Waals surface area contributed by atoms with E-state index in [1.54, 1.807) is 12.1 Å². The van der Waals surface area contributed by atoms with Gasteiger partial charge in [-0.3, -0.25) is 10.1 Å². The smallest absolute Gasteiger partial charge is 0.258 e. The van der Waals surface area contributed by atoms with E-state index in [-0.39, 0.29) is 5.69 Å². The maximum Gasteiger partial charge on any atom is 0.269 e. The molecule has 0 aliphatic carbocycles. The lowest BCUT2D eigenvalue weighted by Gasteiger charge is -2.02. The average molecular weight is 282 g/mol. The first-order valence-corrected chi connectivity index (χ1v) is 6.82. The molecule has 0 unspecified atom stereocenters. The van der Waals surface area contributed by atoms with E-state index in [1.807, 2.05) is 36.4 Å². The maximum absolute atomic E-state index is 10.6. The highest BCUT2D eigenvalue weighted by Crippen LogP contribution is 2.28. The molecule has 98 valence electrons. The van der Waals surface area contributed by atoms with Crippen molar-refractivity contribution in [2.45, 2.75) is 9.92 Å². The summed E-state index contributed by atoms with van der Waals surface area (Å²) in [7, 11) is 0. The number of aromatic nitrogens is 1. The van der Waals surface area contributed by atoms with E-state index in [9.17, 15) is 10.1 Å². The molecule has 3 rings (SSSR count). The van der Waals surface area contributed by atoms with E-state index in [0.29, 0.717) is 0 Å². The molecule has 0 atom stereocenters. The number of nitro groups is 1. The summed E-state index contributed by atoms with van der Waals surface area (Å²) in [6.45, 7) is 0. The van der Waals surface area contributed by atoms with Crippen LogP contribution in [0.15, 0.2) is 70.6 Å². The number of rotatable bonds is 3. The van der Waals surface area contributed by atoms with Crippen LogP contribution in [0.4, 0.5) is 5.69 Å². The molecule has 0 bridgehead atoms. The molecular formula is C15H10N2O2S. The van der Waals surface area contributed by atoms with Gasteiger partial charge in [0.25, 0.3) is 5.69 Å². The van der Waals surface area contributed by atoms with Gasteiger partial charge in [-0.15, -0.1) is 0 Å². The number of para-hydroxylation sites is 1. The number of fused-ring (bicyclic) bond motifs is 1. The van der Waals surface area contributed by atoms with Crippen LogP contribution in [-0.2, 0) is 0 Å². The zero-order valence-corrected chi connectivity index (χ0v) is 11.2. The molecule has 20 heavy (non-hydrogen) atoms. The van der Waals surface area contributed by atoms with Gasteiger partial charge in [-0.2, -0.15) is 0 Å². The second kappa shape index (κ2) is 5.30. The Balaban J connectivity index is 1.87. The van der Waals surface area contributed by atoms with E-state index < -0.39 is 4.92 Å². The summed E-state index contributed by atoms with van der Waals surface area (Å²) in [6, 6.07) is 18.4. The number of nitro benzene ring substituents is 1. The number of non-ortho nitro benzene ring substituents is 1. The van der Waals surface area contributed by atoms with Crippen LogP contribution in [0, 0.1) is 10.1 Å². The number of benzene rings is 2. The van der Waals surface area contributed by atoms with E-state index in [4.69, 9.17) is 0 Å². The zero-order chi connectivity index (χ0) is 13.9. The SMILES string of the molecule is O=[N+]([O-])c1ccc(Sc2ccc3ccccc3n2)cc1. The molecule has 0 N–H and O–H groups in total. The fraction of sp³-hybridized carbons (Fsp3) is 0. The molecule has 0 spiro atoms. The van der Waals surface area contributed by atoms with Gasteiger partial charge in [0.1, 0.15) is 5.03 Å². The van der Waals surface area contributed by atoms with Crippen LogP contribution in [0.3, 0.4) is 0 Å². The first-order chi connectivity index (χ1) is 9.72. The number of nitrogens with zero attached hydrogens (tertiary/aromatic N) is 2. The molecule has 0 aliphatic rings. The normalized spacial score (nSPS) is 10.6. The third kappa shape index (κ3) is 2.62. The summed E-state index contributed by atoms with van der Waals surface area (Å²) in [4.78, 5) is 15.7. The van der Waals surface area contributed by atoms with Gasteiger partial charge in [0.15, 0.2) is 0 Å². The van der Waals surface area contributed by atoms with Gasteiger partial charge in [-0.25, -0.2) is 4.98 Å². The van der Waals surface area contributed by atoms with E-state index in [2.05, 4.69) is 4.98 Å². The van der Waals surface area contributed by atoms with Crippen molar-refractivity contribution < 1.29 is 4.92 Å². The second-order valence-electron chi connectivity index (χ2n) is 4.20. The quantitative estimate of drug-likeness (QED) is 0.531. The Morgan fingerprint density at radius 2 is 1.70 bits per heavy atom. The summed E-state index contributed by atoms with van der Waals surface area (Å²) < 4.78 is 0. The Hall–Kier alpha value is -2.40. The van der Waals surface area contributed by atoms with Gasteiger partial charge < -0.3 is 0 Å². The zero-order valence-electron chi connectivity index (χ0n) is 10.4. The second-order valence-corrected chi connectivity index (χ2v) is 5.29. The van der Waals surface area contributed by atoms with Gasteiger partial charge in [0.05, 0.1) is 10.4 Å². The Bertz CT molecular complexity index is 772. The topological polar surface area (TPSA) is 56.0 Å². The van der Waals surface area contributed by atoms with Gasteiger partial charge >= 0.3 is 0 Å². The molecule has 0 radical (unpaired) electrons. The van der Waals surface area contributed by atoms with Crippen molar-refractivity contribution in [3.63, 3.8) is 0 Å². The summed E-state index contributed by atoms with van der Waals surface area (Å²) in [5.41, 5.74) is 1.04. The third-order valence-corrected chi connectivity index (χ3v) is 3.79. The molecule has 4 nitrogen and oxygen atoms in total. The Labute approximate surface area is 119 Å². The van der Waals surface area contributed by atoms with Crippen molar-refractivity contribution in [2.75, 3.05) is 0 Å². The summed E-state index contributed by atoms with van der Waals surface area (Å²) in [5, 5.41) is 12.6. The van der Waals surface area contributed by atoms with Crippen LogP contribution in [0.5, 0.6) is 0 Å². The highest BCUT2D eigenvalue weighted by atomic mass is 32.2. The molecule has 0 aliphatic heterocycles. The maximum atomic E-state index is 10.6. The monoisotopic (exact) mass is 282 g/mol. The summed E-state index contributed by atoms with van der Waals surface area (Å²) >= 11 is 1.49. The van der Waals surface area contributed by atoms with Crippen LogP contribution in [0.1, 0.15) is 0 Å². The number of hydrogen-bond acceptors (Lipinski definition) is 4. The largest absolute Gasteiger partial charge is 0.269 e. The fourth-order valence-electron chi connectivity index (χ4n) is 1.86. The summed E-state index contributed by atoms with van der Waals surface area (Å²) in [5.74, 6) is 0. The Kier molecular flexibility index (Phi) is 3.35. The van der Waals surface area contributed by atoms with Gasteiger partial charge in [0, 0.05) is 22.4 Å². The molecular weight excluding hydrogens is 272 g/mol. The van der Waals surface area contributed by atoms with Crippen LogP contribution < -0.4 is 0 Å². The predicted octanol–water partition coefficient (Wildman–Crippen LogP) is 4.29. The van der Waals surface area contributed by atoms with Crippen LogP contribution in [-0.4, -0.2) is 9.91 Å². The van der Waals surface area contributed by atoms with Crippen molar-refractivity contribution in [1.29, 1.82) is 0 Å². The van der Waals surface area contributed by atoms with Crippen LogP contribution >= 0.6 is 11.8 Å². The van der Waals surface area contributed by atoms with Crippen molar-refractivity contribution in [3.05, 3.63) is 70.8 Å². The van der Waals surface area contributed by atoms with Gasteiger partial charge in [0.2, 0.25) is 0 Å². The first kappa shape index (κ1) is 12.6. The summed E-state index contributed by atoms with van der Waals surface area (Å²) in [6.07, 6.45) is 0. The van der Waals surface area contributed by atoms with Crippen LogP contribution in [0.25, 0.3) is 10.9 Å². The number of hydrogen-bond donors (Lipinski definition) is 0. The molecule has 0 saturated carbocycles. The molecule has 1 aromatic heterocycles. The lowest BCUT2D eigenvalue weighted by Crippen LogP contribution is -1.87. The lowest BCUT2D eigenvalue weighted by molar-refractivity contribution is -0.384. The standard InChI is InChI=1S/C15H10N2O2S/c18-17(19)12-6-8-13(9-7-12)20-15-10-5-11-3-1-2-4-14(11)16-15/h1-10H. The molecule has 3 aromatic rings. The Morgan fingerprint density at radius 3 is 2.45 bits per heavy atom. The fourth-order valence-corrected chi connectivity index (χ4v) is 2.65. The van der Waals surface area contributed by atoms with Crippen molar-refractivity contribution >= 4 is 28.4 Å². The molecule has 0 amide bonds. The molecule has 2 aromatic carbocycles. The number of pyridine rings is 1. The highest BCUT2D eigenvalue weighted by Gasteiger charge is 2.05. The van der Waals surface area contributed by atoms with E-state index >= 15 is 0 Å². The minimum absolute atomic E-state index is 0.0980. The van der Waals surface area contributed by atoms with Gasteiger partial charge in [-0.1, -0.05) is 36.0 Å². The first-order valence-electron chi connectivity index (χ1n) is 6.00. The van der Waals surface area contributed by atoms with E-state index in [0.717, 1.165) is 20.8 Å². The van der Waals surface area contributed by atoms with Crippen molar-refractivity contribution in [2.24, 2.45) is 0 Å². The molecule has 0 saturated heterocycles. The van der Waals surface area contributed by atoms with Crippen LogP contribution in [0.2, 0.25) is 0 Å². The van der Waals surface area contributed by atoms with Gasteiger partial charge in [-0.05, 0) is 24.3 Å². The lowest BCUT2D eigenvalue weighted by atomic mass is 10.2. The third-order valence-electron chi connectivity index (χ3n) is 2.84. The molecule has 1 heterocycles.